The molecule has 0 saturated carbocycles. The molecule has 0 aliphatic carbocycles. The van der Waals surface area contributed by atoms with Gasteiger partial charge in [0.25, 0.3) is 0 Å². The SMILES string of the molecule is CCN(C)Cc1cccc(CNC(=NC)NCCCN2CCC(C)CC2)c1.I. The van der Waals surface area contributed by atoms with Gasteiger partial charge in [-0.3, -0.25) is 4.99 Å². The molecule has 1 fully saturated rings. The Balaban J connectivity index is 0.00000392. The summed E-state index contributed by atoms with van der Waals surface area (Å²) in [5, 5.41) is 6.88. The summed E-state index contributed by atoms with van der Waals surface area (Å²) >= 11 is 0. The van der Waals surface area contributed by atoms with Gasteiger partial charge in [-0.15, -0.1) is 24.0 Å². The first-order valence-electron chi connectivity index (χ1n) is 10.5. The first kappa shape index (κ1) is 25.2. The summed E-state index contributed by atoms with van der Waals surface area (Å²) in [4.78, 5) is 9.26. The summed E-state index contributed by atoms with van der Waals surface area (Å²) in [6.07, 6.45) is 3.86. The molecule has 0 unspecified atom stereocenters. The van der Waals surface area contributed by atoms with Crippen LogP contribution in [-0.4, -0.2) is 62.6 Å². The standard InChI is InChI=1S/C22H39N5.HI/c1-5-26(4)18-21-9-6-8-20(16-21)17-25-22(23-3)24-12-7-13-27-14-10-19(2)11-15-27;/h6,8-9,16,19H,5,7,10-15,17-18H2,1-4H3,(H2,23,24,25);1H. The number of nitrogens with zero attached hydrogens (tertiary/aromatic N) is 3. The molecule has 1 saturated heterocycles. The molecule has 0 bridgehead atoms. The predicted molar refractivity (Wildman–Crippen MR) is 132 cm³/mol. The Morgan fingerprint density at radius 1 is 1.21 bits per heavy atom. The molecule has 0 radical (unpaired) electrons. The second-order valence-electron chi connectivity index (χ2n) is 7.88. The van der Waals surface area contributed by atoms with E-state index in [1.165, 1.54) is 43.6 Å². The fourth-order valence-corrected chi connectivity index (χ4v) is 3.46. The minimum absolute atomic E-state index is 0. The van der Waals surface area contributed by atoms with Crippen molar-refractivity contribution in [2.75, 3.05) is 46.8 Å². The summed E-state index contributed by atoms with van der Waals surface area (Å²) in [5.41, 5.74) is 2.65. The average molecular weight is 502 g/mol. The summed E-state index contributed by atoms with van der Waals surface area (Å²) in [7, 11) is 4.00. The monoisotopic (exact) mass is 501 g/mol. The second-order valence-corrected chi connectivity index (χ2v) is 7.88. The first-order valence-corrected chi connectivity index (χ1v) is 10.5. The van der Waals surface area contributed by atoms with Gasteiger partial charge in [0.1, 0.15) is 0 Å². The van der Waals surface area contributed by atoms with E-state index in [9.17, 15) is 0 Å². The van der Waals surface area contributed by atoms with Gasteiger partial charge in [0, 0.05) is 26.7 Å². The largest absolute Gasteiger partial charge is 0.356 e. The van der Waals surface area contributed by atoms with Crippen LogP contribution in [0.2, 0.25) is 0 Å². The fraction of sp³-hybridized carbons (Fsp3) is 0.682. The van der Waals surface area contributed by atoms with E-state index >= 15 is 0 Å². The van der Waals surface area contributed by atoms with E-state index in [2.05, 4.69) is 70.6 Å². The highest BCUT2D eigenvalue weighted by Crippen LogP contribution is 2.15. The number of likely N-dealkylation sites (tertiary alicyclic amines) is 1. The smallest absolute Gasteiger partial charge is 0.191 e. The average Bonchev–Trinajstić information content (AvgIpc) is 2.69. The Kier molecular flexibility index (Phi) is 12.7. The van der Waals surface area contributed by atoms with Crippen molar-refractivity contribution < 1.29 is 0 Å². The van der Waals surface area contributed by atoms with E-state index < -0.39 is 0 Å². The molecule has 1 aromatic rings. The van der Waals surface area contributed by atoms with Crippen molar-refractivity contribution in [1.29, 1.82) is 0 Å². The van der Waals surface area contributed by atoms with Crippen LogP contribution in [0, 0.1) is 5.92 Å². The van der Waals surface area contributed by atoms with Gasteiger partial charge < -0.3 is 20.4 Å². The molecular formula is C22H40IN5. The van der Waals surface area contributed by atoms with Gasteiger partial charge in [0.15, 0.2) is 5.96 Å². The lowest BCUT2D eigenvalue weighted by atomic mass is 9.99. The van der Waals surface area contributed by atoms with E-state index in [0.29, 0.717) is 0 Å². The van der Waals surface area contributed by atoms with Crippen LogP contribution in [0.25, 0.3) is 0 Å². The van der Waals surface area contributed by atoms with E-state index in [-0.39, 0.29) is 24.0 Å². The lowest BCUT2D eigenvalue weighted by Gasteiger charge is -2.30. The lowest BCUT2D eigenvalue weighted by Crippen LogP contribution is -2.39. The van der Waals surface area contributed by atoms with Crippen LogP contribution in [0.5, 0.6) is 0 Å². The molecule has 0 spiro atoms. The molecule has 1 heterocycles. The summed E-state index contributed by atoms with van der Waals surface area (Å²) in [6.45, 7) is 12.1. The Morgan fingerprint density at radius 2 is 1.93 bits per heavy atom. The highest BCUT2D eigenvalue weighted by Gasteiger charge is 2.14. The van der Waals surface area contributed by atoms with Crippen molar-refractivity contribution in [1.82, 2.24) is 20.4 Å². The van der Waals surface area contributed by atoms with E-state index in [4.69, 9.17) is 0 Å². The molecule has 6 heteroatoms. The lowest BCUT2D eigenvalue weighted by molar-refractivity contribution is 0.191. The highest BCUT2D eigenvalue weighted by atomic mass is 127. The maximum Gasteiger partial charge on any atom is 0.191 e. The van der Waals surface area contributed by atoms with Gasteiger partial charge in [-0.25, -0.2) is 0 Å². The molecule has 2 N–H and O–H groups in total. The van der Waals surface area contributed by atoms with Crippen LogP contribution >= 0.6 is 24.0 Å². The number of aliphatic imine (C=N–C) groups is 1. The van der Waals surface area contributed by atoms with Crippen molar-refractivity contribution >= 4 is 29.9 Å². The minimum atomic E-state index is 0. The van der Waals surface area contributed by atoms with Crippen LogP contribution < -0.4 is 10.6 Å². The molecule has 1 aliphatic rings. The number of hydrogen-bond acceptors (Lipinski definition) is 3. The Hall–Kier alpha value is -0.860. The number of benzene rings is 1. The van der Waals surface area contributed by atoms with Crippen LogP contribution in [0.4, 0.5) is 0 Å². The highest BCUT2D eigenvalue weighted by molar-refractivity contribution is 14.0. The van der Waals surface area contributed by atoms with Crippen LogP contribution in [-0.2, 0) is 13.1 Å². The second kappa shape index (κ2) is 14.2. The van der Waals surface area contributed by atoms with Gasteiger partial charge in [0.2, 0.25) is 0 Å². The molecule has 0 atom stereocenters. The first-order chi connectivity index (χ1) is 13.1. The molecule has 160 valence electrons. The third-order valence-corrected chi connectivity index (χ3v) is 5.49. The van der Waals surface area contributed by atoms with Crippen LogP contribution in [0.15, 0.2) is 29.3 Å². The van der Waals surface area contributed by atoms with Gasteiger partial charge in [-0.05, 0) is 69.5 Å². The van der Waals surface area contributed by atoms with Crippen molar-refractivity contribution in [3.63, 3.8) is 0 Å². The number of hydrogen-bond donors (Lipinski definition) is 2. The summed E-state index contributed by atoms with van der Waals surface area (Å²) < 4.78 is 0. The number of piperidine rings is 1. The van der Waals surface area contributed by atoms with E-state index in [0.717, 1.165) is 44.5 Å². The van der Waals surface area contributed by atoms with Gasteiger partial charge in [-0.2, -0.15) is 0 Å². The van der Waals surface area contributed by atoms with Crippen molar-refractivity contribution in [3.8, 4) is 0 Å². The van der Waals surface area contributed by atoms with Gasteiger partial charge in [-0.1, -0.05) is 38.1 Å². The normalized spacial score (nSPS) is 16.1. The molecule has 28 heavy (non-hydrogen) atoms. The van der Waals surface area contributed by atoms with Crippen molar-refractivity contribution in [2.24, 2.45) is 10.9 Å². The maximum atomic E-state index is 4.35. The quantitative estimate of drug-likeness (QED) is 0.235. The predicted octanol–water partition coefficient (Wildman–Crippen LogP) is 3.54. The third kappa shape index (κ3) is 9.56. The zero-order valence-electron chi connectivity index (χ0n) is 18.2. The number of nitrogens with one attached hydrogen (secondary N) is 2. The Labute approximate surface area is 189 Å². The number of guanidine groups is 1. The molecular weight excluding hydrogens is 461 g/mol. The maximum absolute atomic E-state index is 4.35. The zero-order valence-corrected chi connectivity index (χ0v) is 20.5. The molecule has 1 aliphatic heterocycles. The van der Waals surface area contributed by atoms with E-state index in [1.807, 2.05) is 7.05 Å². The zero-order chi connectivity index (χ0) is 19.5. The summed E-state index contributed by atoms with van der Waals surface area (Å²) in [5.74, 6) is 1.79. The number of rotatable bonds is 9. The fourth-order valence-electron chi connectivity index (χ4n) is 3.46. The van der Waals surface area contributed by atoms with E-state index in [1.54, 1.807) is 0 Å². The van der Waals surface area contributed by atoms with Crippen LogP contribution in [0.1, 0.15) is 44.2 Å². The molecule has 1 aromatic carbocycles. The van der Waals surface area contributed by atoms with Crippen LogP contribution in [0.3, 0.4) is 0 Å². The van der Waals surface area contributed by atoms with Gasteiger partial charge in [0.05, 0.1) is 0 Å². The van der Waals surface area contributed by atoms with Crippen molar-refractivity contribution in [3.05, 3.63) is 35.4 Å². The van der Waals surface area contributed by atoms with Crippen molar-refractivity contribution in [2.45, 2.75) is 46.2 Å². The Bertz CT molecular complexity index is 570. The molecule has 0 aromatic heterocycles. The third-order valence-electron chi connectivity index (χ3n) is 5.49. The molecule has 5 nitrogen and oxygen atoms in total. The molecule has 0 amide bonds. The minimum Gasteiger partial charge on any atom is -0.356 e. The topological polar surface area (TPSA) is 42.9 Å². The van der Waals surface area contributed by atoms with Gasteiger partial charge >= 0.3 is 0 Å². The molecule has 2 rings (SSSR count). The Morgan fingerprint density at radius 3 is 2.61 bits per heavy atom. The summed E-state index contributed by atoms with van der Waals surface area (Å²) in [6, 6.07) is 8.80. The number of halogens is 1.